The lowest BCUT2D eigenvalue weighted by atomic mass is 9.53. The Kier molecular flexibility index (Phi) is 5.82. The maximum absolute atomic E-state index is 2.55. The number of hydrogen-bond donors (Lipinski definition) is 0. The number of benzene rings is 7. The van der Waals surface area contributed by atoms with Crippen LogP contribution in [0.1, 0.15) is 11.1 Å². The summed E-state index contributed by atoms with van der Waals surface area (Å²) in [5.74, 6) is 1.54. The summed E-state index contributed by atoms with van der Waals surface area (Å²) < 4.78 is 0. The van der Waals surface area contributed by atoms with E-state index in [1.54, 1.807) is 0 Å². The van der Waals surface area contributed by atoms with Gasteiger partial charge in [-0.3, -0.25) is 0 Å². The van der Waals surface area contributed by atoms with Gasteiger partial charge < -0.3 is 0 Å². The minimum atomic E-state index is 0.335. The van der Waals surface area contributed by atoms with Crippen LogP contribution in [0.5, 0.6) is 0 Å². The molecule has 0 bridgehead atoms. The predicted octanol–water partition coefficient (Wildman–Crippen LogP) is 13.3. The molecule has 1 saturated carbocycles. The van der Waals surface area contributed by atoms with Crippen LogP contribution in [-0.2, 0) is 0 Å². The van der Waals surface area contributed by atoms with Gasteiger partial charge in [0, 0.05) is 11.8 Å². The van der Waals surface area contributed by atoms with Crippen molar-refractivity contribution in [2.75, 3.05) is 0 Å². The first-order chi connectivity index (χ1) is 25.8. The monoisotopic (exact) mass is 658 g/mol. The van der Waals surface area contributed by atoms with Gasteiger partial charge in [0.1, 0.15) is 0 Å². The molecule has 0 radical (unpaired) electrons. The van der Waals surface area contributed by atoms with E-state index in [0.29, 0.717) is 23.7 Å². The van der Waals surface area contributed by atoms with Crippen molar-refractivity contribution in [3.8, 4) is 0 Å². The van der Waals surface area contributed by atoms with Gasteiger partial charge in [-0.05, 0) is 116 Å². The molecule has 0 aliphatic heterocycles. The molecule has 0 heteroatoms. The second-order valence-electron chi connectivity index (χ2n) is 15.0. The molecule has 0 saturated heterocycles. The van der Waals surface area contributed by atoms with Crippen molar-refractivity contribution in [3.05, 3.63) is 216 Å². The maximum atomic E-state index is 2.55. The fraction of sp³-hybridized carbons (Fsp3) is 0.0769. The first-order valence-corrected chi connectivity index (χ1v) is 18.7. The summed E-state index contributed by atoms with van der Waals surface area (Å²) in [5.41, 5.74) is 11.2. The van der Waals surface area contributed by atoms with E-state index in [-0.39, 0.29) is 0 Å². The molecule has 0 spiro atoms. The molecule has 4 unspecified atom stereocenters. The van der Waals surface area contributed by atoms with E-state index in [4.69, 9.17) is 0 Å². The van der Waals surface area contributed by atoms with Crippen LogP contribution < -0.4 is 0 Å². The van der Waals surface area contributed by atoms with Gasteiger partial charge in [-0.15, -0.1) is 0 Å². The highest BCUT2D eigenvalue weighted by atomic mass is 14.5. The fourth-order valence-corrected chi connectivity index (χ4v) is 10.6. The van der Waals surface area contributed by atoms with Crippen molar-refractivity contribution in [1.29, 1.82) is 0 Å². The van der Waals surface area contributed by atoms with Crippen molar-refractivity contribution >= 4 is 65.0 Å². The van der Waals surface area contributed by atoms with Gasteiger partial charge in [-0.2, -0.15) is 0 Å². The summed E-state index contributed by atoms with van der Waals surface area (Å²) in [6.45, 7) is 0. The maximum Gasteiger partial charge on any atom is 0.0167 e. The highest BCUT2D eigenvalue weighted by molar-refractivity contribution is 6.39. The standard InChI is InChI=1S/C52H34/c1-2-12-31(13-3-1)33-26-28-46-47-29-27-34(40-21-11-23-45(50(40)47)44-22-10-20-39(33)49(44)46)32-24-25-38-37-16-6-8-18-42(37)51-41-17-7-4-14-35(41)36-15-5-9-19-43(36)52(51)48(38)30-32/h1-30,46-47,49-50H. The smallest absolute Gasteiger partial charge is 0.0167 e. The fourth-order valence-electron chi connectivity index (χ4n) is 10.6. The van der Waals surface area contributed by atoms with Crippen LogP contribution in [0.2, 0.25) is 0 Å². The molecule has 0 heterocycles. The van der Waals surface area contributed by atoms with E-state index >= 15 is 0 Å². The summed E-state index contributed by atoms with van der Waals surface area (Å²) in [7, 11) is 0. The van der Waals surface area contributed by atoms with E-state index in [1.807, 2.05) is 0 Å². The van der Waals surface area contributed by atoms with Crippen molar-refractivity contribution in [2.24, 2.45) is 23.7 Å². The molecule has 52 heavy (non-hydrogen) atoms. The van der Waals surface area contributed by atoms with E-state index in [1.165, 1.54) is 98.4 Å². The van der Waals surface area contributed by atoms with E-state index in [0.717, 1.165) is 0 Å². The average molecular weight is 659 g/mol. The normalized spacial score (nSPS) is 22.8. The third kappa shape index (κ3) is 3.77. The van der Waals surface area contributed by atoms with Crippen LogP contribution in [0.4, 0.5) is 0 Å². The Balaban J connectivity index is 1.08. The van der Waals surface area contributed by atoms with Gasteiger partial charge in [0.25, 0.3) is 0 Å². The van der Waals surface area contributed by atoms with Crippen LogP contribution in [0.25, 0.3) is 65.0 Å². The van der Waals surface area contributed by atoms with E-state index < -0.39 is 0 Å². The van der Waals surface area contributed by atoms with E-state index in [2.05, 4.69) is 182 Å². The quantitative estimate of drug-likeness (QED) is 0.162. The van der Waals surface area contributed by atoms with E-state index in [9.17, 15) is 0 Å². The molecule has 0 aromatic heterocycles. The molecule has 7 aromatic carbocycles. The van der Waals surface area contributed by atoms with Gasteiger partial charge in [0.05, 0.1) is 0 Å². The van der Waals surface area contributed by atoms with Crippen LogP contribution in [0.15, 0.2) is 204 Å². The topological polar surface area (TPSA) is 0 Å². The number of fused-ring (bicyclic) bond motifs is 13. The lowest BCUT2D eigenvalue weighted by molar-refractivity contribution is 0.305. The molecule has 12 rings (SSSR count). The Hall–Kier alpha value is -6.24. The third-order valence-corrected chi connectivity index (χ3v) is 12.7. The number of rotatable bonds is 2. The van der Waals surface area contributed by atoms with Crippen LogP contribution in [0, 0.1) is 23.7 Å². The summed E-state index contributed by atoms with van der Waals surface area (Å²) >= 11 is 0. The second-order valence-corrected chi connectivity index (χ2v) is 15.0. The zero-order valence-corrected chi connectivity index (χ0v) is 28.6. The lowest BCUT2D eigenvalue weighted by Crippen LogP contribution is -2.41. The molecule has 1 fully saturated rings. The van der Waals surface area contributed by atoms with Crippen molar-refractivity contribution in [3.63, 3.8) is 0 Å². The molecule has 0 amide bonds. The Morgan fingerprint density at radius 1 is 0.346 bits per heavy atom. The minimum absolute atomic E-state index is 0.335. The SMILES string of the molecule is C1=CC2=C(c3ccccc3)C=CC3C2C(=C1)C1=CC=CC2=C(c4ccc5c6ccccc6c6c7ccccc7c7ccccc7c6c5c4)C=CC3C12. The van der Waals surface area contributed by atoms with Crippen molar-refractivity contribution in [2.45, 2.75) is 0 Å². The van der Waals surface area contributed by atoms with Gasteiger partial charge in [-0.25, -0.2) is 0 Å². The van der Waals surface area contributed by atoms with Gasteiger partial charge in [0.2, 0.25) is 0 Å². The van der Waals surface area contributed by atoms with Crippen LogP contribution in [0.3, 0.4) is 0 Å². The summed E-state index contributed by atoms with van der Waals surface area (Å²) in [4.78, 5) is 0. The molecule has 7 aromatic rings. The molecular weight excluding hydrogens is 625 g/mol. The molecule has 4 atom stereocenters. The number of hydrogen-bond acceptors (Lipinski definition) is 0. The first-order valence-electron chi connectivity index (χ1n) is 18.7. The second kappa shape index (κ2) is 10.6. The Morgan fingerprint density at radius 3 is 1.33 bits per heavy atom. The summed E-state index contributed by atoms with van der Waals surface area (Å²) in [6.07, 6.45) is 24.1. The molecule has 5 aliphatic rings. The molecule has 0 nitrogen and oxygen atoms in total. The average Bonchev–Trinajstić information content (AvgIpc) is 3.22. The minimum Gasteiger partial charge on any atom is -0.0792 e. The zero-order chi connectivity index (χ0) is 33.9. The molecule has 0 N–H and O–H groups in total. The first kappa shape index (κ1) is 28.5. The zero-order valence-electron chi connectivity index (χ0n) is 28.6. The third-order valence-electron chi connectivity index (χ3n) is 12.7. The van der Waals surface area contributed by atoms with Gasteiger partial charge in [-0.1, -0.05) is 176 Å². The van der Waals surface area contributed by atoms with Crippen LogP contribution in [-0.4, -0.2) is 0 Å². The highest BCUT2D eigenvalue weighted by Gasteiger charge is 2.48. The summed E-state index contributed by atoms with van der Waals surface area (Å²) in [5, 5.41) is 13.3. The number of allylic oxidation sites excluding steroid dienone is 16. The molecule has 242 valence electrons. The van der Waals surface area contributed by atoms with Crippen molar-refractivity contribution < 1.29 is 0 Å². The molecule has 5 aliphatic carbocycles. The summed E-state index contributed by atoms with van der Waals surface area (Å²) in [6, 6.07) is 45.2. The van der Waals surface area contributed by atoms with Crippen LogP contribution >= 0.6 is 0 Å². The van der Waals surface area contributed by atoms with Gasteiger partial charge in [0.15, 0.2) is 0 Å². The largest absolute Gasteiger partial charge is 0.0792 e. The lowest BCUT2D eigenvalue weighted by Gasteiger charge is -2.50. The van der Waals surface area contributed by atoms with Crippen molar-refractivity contribution in [1.82, 2.24) is 0 Å². The Bertz CT molecular complexity index is 2990. The Labute approximate surface area is 303 Å². The predicted molar refractivity (Wildman–Crippen MR) is 221 cm³/mol. The van der Waals surface area contributed by atoms with Gasteiger partial charge >= 0.3 is 0 Å². The highest BCUT2D eigenvalue weighted by Crippen LogP contribution is 2.59. The Morgan fingerprint density at radius 2 is 0.788 bits per heavy atom. The molecular formula is C52H34.